The van der Waals surface area contributed by atoms with Crippen LogP contribution < -0.4 is 10.1 Å². The van der Waals surface area contributed by atoms with Crippen LogP contribution in [0.15, 0.2) is 48.5 Å². The lowest BCUT2D eigenvalue weighted by Gasteiger charge is -2.16. The quantitative estimate of drug-likeness (QED) is 0.853. The monoisotopic (exact) mass is 325 g/mol. The third-order valence-electron chi connectivity index (χ3n) is 4.46. The van der Waals surface area contributed by atoms with Crippen molar-refractivity contribution in [3.8, 4) is 5.75 Å². The van der Waals surface area contributed by atoms with Gasteiger partial charge >= 0.3 is 5.97 Å². The van der Waals surface area contributed by atoms with Crippen LogP contribution in [0.2, 0.25) is 0 Å². The number of carboxylic acid groups (broad SMARTS) is 1. The second kappa shape index (κ2) is 6.35. The summed E-state index contributed by atoms with van der Waals surface area (Å²) in [6.45, 7) is 0. The minimum atomic E-state index is -1.04. The first-order valence-electron chi connectivity index (χ1n) is 7.81. The van der Waals surface area contributed by atoms with E-state index in [1.807, 2.05) is 18.2 Å². The second-order valence-electron chi connectivity index (χ2n) is 6.09. The number of anilines is 1. The Morgan fingerprint density at radius 3 is 2.46 bits per heavy atom. The van der Waals surface area contributed by atoms with Crippen LogP contribution in [0.1, 0.15) is 35.2 Å². The van der Waals surface area contributed by atoms with Crippen LogP contribution in [-0.2, 0) is 10.2 Å². The maximum Gasteiger partial charge on any atom is 0.335 e. The molecule has 2 aromatic rings. The lowest BCUT2D eigenvalue weighted by Crippen LogP contribution is -2.20. The van der Waals surface area contributed by atoms with Crippen LogP contribution >= 0.6 is 0 Å². The van der Waals surface area contributed by atoms with E-state index in [2.05, 4.69) is 17.4 Å². The maximum atomic E-state index is 12.4. The molecule has 1 amide bonds. The van der Waals surface area contributed by atoms with E-state index in [0.717, 1.165) is 12.8 Å². The van der Waals surface area contributed by atoms with Gasteiger partial charge in [-0.1, -0.05) is 30.3 Å². The number of carbonyl (C=O) groups excluding carboxylic acids is 1. The number of rotatable bonds is 6. The van der Waals surface area contributed by atoms with Gasteiger partial charge in [0.15, 0.2) is 0 Å². The molecule has 1 aliphatic carbocycles. The van der Waals surface area contributed by atoms with E-state index < -0.39 is 5.97 Å². The maximum absolute atomic E-state index is 12.4. The number of nitrogens with one attached hydrogen (secondary N) is 1. The summed E-state index contributed by atoms with van der Waals surface area (Å²) in [7, 11) is 1.45. The smallest absolute Gasteiger partial charge is 0.335 e. The molecule has 2 aromatic carbocycles. The number of carboxylic acids is 1. The van der Waals surface area contributed by atoms with Crippen molar-refractivity contribution in [2.75, 3.05) is 12.4 Å². The molecule has 0 atom stereocenters. The third-order valence-corrected chi connectivity index (χ3v) is 4.46. The van der Waals surface area contributed by atoms with Crippen LogP contribution in [0, 0.1) is 0 Å². The summed E-state index contributed by atoms with van der Waals surface area (Å²) in [6.07, 6.45) is 2.40. The standard InChI is InChI=1S/C19H19NO4/c1-24-16-11-13(18(22)23)7-8-15(16)20-17(21)12-19(9-10-19)14-5-3-2-4-6-14/h2-8,11H,9-10,12H2,1H3,(H,20,21)(H,22,23). The number of methoxy groups -OCH3 is 1. The molecule has 0 unspecified atom stereocenters. The van der Waals surface area contributed by atoms with E-state index >= 15 is 0 Å². The van der Waals surface area contributed by atoms with Gasteiger partial charge in [-0.3, -0.25) is 4.79 Å². The molecule has 3 rings (SSSR count). The van der Waals surface area contributed by atoms with Gasteiger partial charge < -0.3 is 15.2 Å². The highest BCUT2D eigenvalue weighted by Crippen LogP contribution is 2.51. The first-order chi connectivity index (χ1) is 11.5. The van der Waals surface area contributed by atoms with Crippen LogP contribution in [0.5, 0.6) is 5.75 Å². The molecule has 0 aromatic heterocycles. The Balaban J connectivity index is 1.73. The number of aromatic carboxylic acids is 1. The van der Waals surface area contributed by atoms with Crippen LogP contribution in [0.25, 0.3) is 0 Å². The van der Waals surface area contributed by atoms with Crippen molar-refractivity contribution in [3.63, 3.8) is 0 Å². The topological polar surface area (TPSA) is 75.6 Å². The van der Waals surface area contributed by atoms with E-state index in [9.17, 15) is 9.59 Å². The summed E-state index contributed by atoms with van der Waals surface area (Å²) in [5, 5.41) is 11.9. The zero-order chi connectivity index (χ0) is 17.2. The molecule has 0 heterocycles. The van der Waals surface area contributed by atoms with Crippen molar-refractivity contribution in [2.24, 2.45) is 0 Å². The van der Waals surface area contributed by atoms with Gasteiger partial charge in [-0.2, -0.15) is 0 Å². The molecule has 124 valence electrons. The van der Waals surface area contributed by atoms with Gasteiger partial charge in [-0.15, -0.1) is 0 Å². The fourth-order valence-corrected chi connectivity index (χ4v) is 2.94. The minimum absolute atomic E-state index is 0.0699. The molecule has 1 aliphatic rings. The molecule has 0 saturated heterocycles. The normalized spacial score (nSPS) is 14.7. The number of amides is 1. The summed E-state index contributed by atoms with van der Waals surface area (Å²) in [4.78, 5) is 23.5. The van der Waals surface area contributed by atoms with Gasteiger partial charge in [0.2, 0.25) is 5.91 Å². The molecule has 5 heteroatoms. The second-order valence-corrected chi connectivity index (χ2v) is 6.09. The Labute approximate surface area is 140 Å². The number of hydrogen-bond donors (Lipinski definition) is 2. The van der Waals surface area contributed by atoms with Crippen LogP contribution in [0.4, 0.5) is 5.69 Å². The predicted octanol–water partition coefficient (Wildman–Crippen LogP) is 3.45. The van der Waals surface area contributed by atoms with Gasteiger partial charge in [0.05, 0.1) is 18.4 Å². The highest BCUT2D eigenvalue weighted by Gasteiger charge is 2.45. The fourth-order valence-electron chi connectivity index (χ4n) is 2.94. The molecule has 0 radical (unpaired) electrons. The van der Waals surface area contributed by atoms with E-state index in [-0.39, 0.29) is 16.9 Å². The zero-order valence-corrected chi connectivity index (χ0v) is 13.4. The van der Waals surface area contributed by atoms with Gasteiger partial charge in [0.25, 0.3) is 0 Å². The molecular formula is C19H19NO4. The van der Waals surface area contributed by atoms with E-state index in [0.29, 0.717) is 17.9 Å². The highest BCUT2D eigenvalue weighted by atomic mass is 16.5. The molecule has 2 N–H and O–H groups in total. The summed E-state index contributed by atoms with van der Waals surface area (Å²) in [5.41, 5.74) is 1.72. The molecule has 0 aliphatic heterocycles. The lowest BCUT2D eigenvalue weighted by atomic mass is 9.92. The molecule has 0 bridgehead atoms. The number of benzene rings is 2. The third kappa shape index (κ3) is 3.25. The van der Waals surface area contributed by atoms with Crippen molar-refractivity contribution >= 4 is 17.6 Å². The Kier molecular flexibility index (Phi) is 4.25. The number of hydrogen-bond acceptors (Lipinski definition) is 3. The molecule has 0 spiro atoms. The highest BCUT2D eigenvalue weighted by molar-refractivity contribution is 5.95. The summed E-state index contributed by atoms with van der Waals surface area (Å²) >= 11 is 0. The fraction of sp³-hybridized carbons (Fsp3) is 0.263. The van der Waals surface area contributed by atoms with Gasteiger partial charge in [0, 0.05) is 11.8 Å². The molecule has 1 fully saturated rings. The SMILES string of the molecule is COc1cc(C(=O)O)ccc1NC(=O)CC1(c2ccccc2)CC1. The van der Waals surface area contributed by atoms with Crippen molar-refractivity contribution in [1.82, 2.24) is 0 Å². The first kappa shape index (κ1) is 16.1. The summed E-state index contributed by atoms with van der Waals surface area (Å²) in [6, 6.07) is 14.5. The van der Waals surface area contributed by atoms with Gasteiger partial charge in [0.1, 0.15) is 5.75 Å². The zero-order valence-electron chi connectivity index (χ0n) is 13.4. The Morgan fingerprint density at radius 2 is 1.88 bits per heavy atom. The first-order valence-corrected chi connectivity index (χ1v) is 7.81. The number of ether oxygens (including phenoxy) is 1. The Bertz CT molecular complexity index is 766. The van der Waals surface area contributed by atoms with Crippen molar-refractivity contribution in [3.05, 3.63) is 59.7 Å². The average molecular weight is 325 g/mol. The molecule has 5 nitrogen and oxygen atoms in total. The molecular weight excluding hydrogens is 306 g/mol. The van der Waals surface area contributed by atoms with Crippen LogP contribution in [0.3, 0.4) is 0 Å². The summed E-state index contributed by atoms with van der Waals surface area (Å²) < 4.78 is 5.19. The Morgan fingerprint density at radius 1 is 1.17 bits per heavy atom. The summed E-state index contributed by atoms with van der Waals surface area (Å²) in [5.74, 6) is -0.794. The van der Waals surface area contributed by atoms with Gasteiger partial charge in [-0.05, 0) is 36.6 Å². The van der Waals surface area contributed by atoms with E-state index in [1.165, 1.54) is 24.8 Å². The minimum Gasteiger partial charge on any atom is -0.495 e. The van der Waals surface area contributed by atoms with Gasteiger partial charge in [-0.25, -0.2) is 4.79 Å². The largest absolute Gasteiger partial charge is 0.495 e. The van der Waals surface area contributed by atoms with Crippen molar-refractivity contribution in [2.45, 2.75) is 24.7 Å². The average Bonchev–Trinajstić information content (AvgIpc) is 3.36. The van der Waals surface area contributed by atoms with Crippen molar-refractivity contribution < 1.29 is 19.4 Å². The van der Waals surface area contributed by atoms with E-state index in [4.69, 9.17) is 9.84 Å². The van der Waals surface area contributed by atoms with E-state index in [1.54, 1.807) is 6.07 Å². The Hall–Kier alpha value is -2.82. The molecule has 24 heavy (non-hydrogen) atoms. The predicted molar refractivity (Wildman–Crippen MR) is 90.6 cm³/mol. The van der Waals surface area contributed by atoms with Crippen LogP contribution in [-0.4, -0.2) is 24.1 Å². The van der Waals surface area contributed by atoms with Crippen molar-refractivity contribution in [1.29, 1.82) is 0 Å². The number of carbonyl (C=O) groups is 2. The molecule has 1 saturated carbocycles. The lowest BCUT2D eigenvalue weighted by molar-refractivity contribution is -0.116.